The fourth-order valence-electron chi connectivity index (χ4n) is 12.5. The molecule has 396 valence electrons. The lowest BCUT2D eigenvalue weighted by atomic mass is 9.51. The Morgan fingerprint density at radius 1 is 1.03 bits per heavy atom. The molecule has 2 heterocycles. The molecule has 17 heteroatoms. The minimum Gasteiger partial charge on any atom is -0.508 e. The number of nitrogens with zero attached hydrogens (tertiary/aromatic N) is 3. The van der Waals surface area contributed by atoms with Gasteiger partial charge < -0.3 is 50.6 Å². The fourth-order valence-corrected chi connectivity index (χ4v) is 12.5. The molecule has 2 saturated carbocycles. The number of carbonyl (C=O) groups is 4. The number of ketones is 2. The van der Waals surface area contributed by atoms with Crippen molar-refractivity contribution >= 4 is 23.6 Å². The van der Waals surface area contributed by atoms with Crippen molar-refractivity contribution in [3.05, 3.63) is 130 Å². The third-order valence-electron chi connectivity index (χ3n) is 16.4. The molecule has 0 spiro atoms. The van der Waals surface area contributed by atoms with Gasteiger partial charge in [0.15, 0.2) is 6.10 Å². The number of phenols is 1. The number of methoxy groups -OCH3 is 2. The first-order chi connectivity index (χ1) is 35.4. The van der Waals surface area contributed by atoms with Gasteiger partial charge in [-0.15, -0.1) is 5.10 Å². The Labute approximate surface area is 432 Å². The Bertz CT molecular complexity index is 2740. The number of carbonyl (C=O) groups excluding carboxylic acids is 4. The lowest BCUT2D eigenvalue weighted by molar-refractivity contribution is -0.120. The molecule has 2 aromatic carbocycles. The average Bonchev–Trinajstić information content (AvgIpc) is 3.96. The first-order valence-electron chi connectivity index (χ1n) is 25.8. The zero-order valence-electron chi connectivity index (χ0n) is 43.5. The monoisotopic (exact) mass is 1020 g/mol. The topological polar surface area (TPSA) is 247 Å². The third-order valence-corrected chi connectivity index (χ3v) is 16.4. The summed E-state index contributed by atoms with van der Waals surface area (Å²) in [6.45, 7) is 10.0. The van der Waals surface area contributed by atoms with E-state index < -0.39 is 53.9 Å². The molecule has 74 heavy (non-hydrogen) atoms. The summed E-state index contributed by atoms with van der Waals surface area (Å²) in [6, 6.07) is 14.2. The van der Waals surface area contributed by atoms with Crippen molar-refractivity contribution in [2.45, 2.75) is 135 Å². The van der Waals surface area contributed by atoms with E-state index in [1.807, 2.05) is 31.2 Å². The molecule has 1 aromatic heterocycles. The van der Waals surface area contributed by atoms with E-state index in [4.69, 9.17) is 24.7 Å². The highest BCUT2D eigenvalue weighted by atomic mass is 16.6. The Kier molecular flexibility index (Phi) is 16.8. The molecule has 0 saturated heterocycles. The average molecular weight is 1020 g/mol. The van der Waals surface area contributed by atoms with Gasteiger partial charge in [-0.2, -0.15) is 0 Å². The molecule has 0 radical (unpaired) electrons. The smallest absolute Gasteiger partial charge is 0.405 e. The zero-order chi connectivity index (χ0) is 53.0. The van der Waals surface area contributed by atoms with Crippen LogP contribution in [-0.2, 0) is 48.1 Å². The van der Waals surface area contributed by atoms with E-state index >= 15 is 0 Å². The summed E-state index contributed by atoms with van der Waals surface area (Å²) in [7, 11) is 2.92. The van der Waals surface area contributed by atoms with Gasteiger partial charge >= 0.3 is 6.09 Å². The van der Waals surface area contributed by atoms with Crippen LogP contribution in [0, 0.1) is 29.1 Å². The standard InChI is InChI=1S/C57H72N6O11/c1-31-23-42-51(46(65)27-45(53(42)68)60-55(69)32(2)9-8-10-47(71-6)54(74-56(58)70)34(4)25-33(3)52(67)48(24-31)72-7)59-29-37-30-63(62-61-37)21-22-73-39-15-11-35(12-16-39)43-28-57(5)44(19-20-49(57)66)41-17-13-36-26-38(64)14-18-40(36)50(41)43/h8-12,14-16,18,25-27,30-31,33,41,43-44,47-50,52,54,59,64,66-67H,13,17,19-24,28-29H2,1-7H3,(H2,58,70)(H,60,69)/b10-8-,32-9+,34-25+/t31-,33+,41+,43-,44+,47-,48-,49+,50-,52-,54-,57+/m1/s1. The molecular weight excluding hydrogens is 945 g/mol. The van der Waals surface area contributed by atoms with Crippen molar-refractivity contribution < 1.29 is 53.4 Å². The molecule has 3 aromatic rings. The predicted molar refractivity (Wildman–Crippen MR) is 275 cm³/mol. The molecule has 12 atom stereocenters. The van der Waals surface area contributed by atoms with E-state index in [-0.39, 0.29) is 58.9 Å². The zero-order valence-corrected chi connectivity index (χ0v) is 43.5. The Morgan fingerprint density at radius 2 is 1.80 bits per heavy atom. The number of Topliss-reactive ketones (excluding diaryl/α,β-unsaturated/α-hetero) is 1. The van der Waals surface area contributed by atoms with Crippen LogP contribution in [0.3, 0.4) is 0 Å². The van der Waals surface area contributed by atoms with Gasteiger partial charge in [-0.1, -0.05) is 68.5 Å². The van der Waals surface area contributed by atoms with E-state index in [9.17, 15) is 34.5 Å². The molecule has 17 nitrogen and oxygen atoms in total. The van der Waals surface area contributed by atoms with Crippen molar-refractivity contribution in [3.8, 4) is 11.5 Å². The molecule has 2 bridgehead atoms. The molecule has 0 unspecified atom stereocenters. The number of rotatable bonds is 11. The minimum absolute atomic E-state index is 0.0648. The van der Waals surface area contributed by atoms with Gasteiger partial charge in [-0.25, -0.2) is 9.48 Å². The van der Waals surface area contributed by atoms with Crippen molar-refractivity contribution in [1.29, 1.82) is 0 Å². The quantitative estimate of drug-likeness (QED) is 0.0883. The van der Waals surface area contributed by atoms with E-state index in [0.29, 0.717) is 60.1 Å². The number of phenolic OH excluding ortho intramolecular Hbond substituents is 1. The van der Waals surface area contributed by atoms with Crippen LogP contribution in [-0.4, -0.2) is 105 Å². The number of aliphatic hydroxyl groups excluding tert-OH is 2. The largest absolute Gasteiger partial charge is 0.508 e. The SMILES string of the molecule is CO[C@@H]1/C=C\C=C(/C)C(=O)NC2=CC(=O)C(NCc3cn(CCOc4ccc([C@H]5C[C@]6(C)[C@@H](O)CC[C@H]6[C@@H]6CCc7cc(O)ccc7[C@H]65)cc4)nn3)=C(C[C@@H](C)C[C@@H](OC)[C@H](O)[C@@H](C)/C=C(\C)[C@H]1OC(N)=O)C2=O. The number of aliphatic hydroxyl groups is 2. The number of fused-ring (bicyclic) bond motifs is 7. The molecular formula is C57H72N6O11. The van der Waals surface area contributed by atoms with Gasteiger partial charge in [0.1, 0.15) is 29.9 Å². The van der Waals surface area contributed by atoms with Gasteiger partial charge in [0.2, 0.25) is 11.6 Å². The number of allylic oxidation sites excluding steroid dienone is 4. The highest BCUT2D eigenvalue weighted by Gasteiger charge is 2.57. The Balaban J connectivity index is 0.941. The number of primary amides is 1. The summed E-state index contributed by atoms with van der Waals surface area (Å²) in [4.78, 5) is 53.6. The van der Waals surface area contributed by atoms with Crippen LogP contribution in [0.4, 0.5) is 4.79 Å². The van der Waals surface area contributed by atoms with Crippen LogP contribution >= 0.6 is 0 Å². The van der Waals surface area contributed by atoms with Gasteiger partial charge in [0, 0.05) is 37.4 Å². The molecule has 2 amide bonds. The van der Waals surface area contributed by atoms with Crippen LogP contribution in [0.15, 0.2) is 107 Å². The predicted octanol–water partition coefficient (Wildman–Crippen LogP) is 6.54. The van der Waals surface area contributed by atoms with E-state index in [1.54, 1.807) is 49.9 Å². The van der Waals surface area contributed by atoms with Crippen LogP contribution in [0.1, 0.15) is 107 Å². The van der Waals surface area contributed by atoms with Crippen LogP contribution in [0.25, 0.3) is 0 Å². The second-order valence-electron chi connectivity index (χ2n) is 21.3. The molecule has 1 aliphatic heterocycles. The number of aryl methyl sites for hydroxylation is 1. The molecule has 7 N–H and O–H groups in total. The molecule has 4 aliphatic carbocycles. The summed E-state index contributed by atoms with van der Waals surface area (Å²) in [6.07, 6.45) is 9.58. The number of aromatic nitrogens is 3. The lowest BCUT2D eigenvalue weighted by Gasteiger charge is -2.54. The summed E-state index contributed by atoms with van der Waals surface area (Å²) in [5, 5.41) is 47.5. The van der Waals surface area contributed by atoms with Crippen molar-refractivity contribution in [3.63, 3.8) is 0 Å². The summed E-state index contributed by atoms with van der Waals surface area (Å²) in [5.41, 5.74) is 10.4. The summed E-state index contributed by atoms with van der Waals surface area (Å²) < 4.78 is 24.7. The van der Waals surface area contributed by atoms with Crippen LogP contribution in [0.5, 0.6) is 11.5 Å². The normalized spacial score (nSPS) is 32.6. The van der Waals surface area contributed by atoms with E-state index in [0.717, 1.165) is 38.2 Å². The Hall–Kier alpha value is -6.40. The summed E-state index contributed by atoms with van der Waals surface area (Å²) >= 11 is 0. The first-order valence-corrected chi connectivity index (χ1v) is 25.8. The fraction of sp³-hybridized carbons (Fsp3) is 0.509. The molecule has 8 rings (SSSR count). The maximum Gasteiger partial charge on any atom is 0.405 e. The lowest BCUT2D eigenvalue weighted by Crippen LogP contribution is -2.47. The van der Waals surface area contributed by atoms with Crippen LogP contribution in [0.2, 0.25) is 0 Å². The number of nitrogens with one attached hydrogen (secondary N) is 2. The first kappa shape index (κ1) is 53.9. The van der Waals surface area contributed by atoms with E-state index in [2.05, 4.69) is 46.1 Å². The van der Waals surface area contributed by atoms with Gasteiger partial charge in [-0.3, -0.25) is 14.4 Å². The van der Waals surface area contributed by atoms with Crippen LogP contribution < -0.4 is 21.1 Å². The highest BCUT2D eigenvalue weighted by molar-refractivity contribution is 6.23. The Morgan fingerprint density at radius 3 is 2.53 bits per heavy atom. The second-order valence-corrected chi connectivity index (χ2v) is 21.3. The van der Waals surface area contributed by atoms with E-state index in [1.165, 1.54) is 37.0 Å². The number of ether oxygens (including phenoxy) is 4. The number of nitrogens with two attached hydrogens (primary N) is 1. The van der Waals surface area contributed by atoms with Crippen molar-refractivity contribution in [2.24, 2.45) is 34.8 Å². The van der Waals surface area contributed by atoms with Gasteiger partial charge in [0.25, 0.3) is 5.91 Å². The number of benzene rings is 2. The van der Waals surface area contributed by atoms with Crippen molar-refractivity contribution in [1.82, 2.24) is 25.6 Å². The molecule has 5 aliphatic rings. The highest BCUT2D eigenvalue weighted by Crippen LogP contribution is 2.65. The number of hydrogen-bond acceptors (Lipinski definition) is 14. The number of amides is 2. The minimum atomic E-state index is -1.03. The number of hydrogen-bond donors (Lipinski definition) is 6. The second kappa shape index (κ2) is 23.0. The third kappa shape index (κ3) is 11.6. The summed E-state index contributed by atoms with van der Waals surface area (Å²) in [5.74, 6) is 0.00747. The number of aromatic hydroxyl groups is 1. The van der Waals surface area contributed by atoms with Crippen molar-refractivity contribution in [2.75, 3.05) is 20.8 Å². The van der Waals surface area contributed by atoms with Gasteiger partial charge in [0.05, 0.1) is 49.0 Å². The van der Waals surface area contributed by atoms with Gasteiger partial charge in [-0.05, 0) is 140 Å². The maximum atomic E-state index is 14.3. The maximum absolute atomic E-state index is 14.3. The molecule has 2 fully saturated rings.